The number of hydrogen-bond donors (Lipinski definition) is 0. The van der Waals surface area contributed by atoms with Crippen LogP contribution in [-0.4, -0.2) is 53.5 Å². The summed E-state index contributed by atoms with van der Waals surface area (Å²) in [7, 11) is 1.83. The van der Waals surface area contributed by atoms with Gasteiger partial charge in [-0.15, -0.1) is 0 Å². The number of hydrogen-bond acceptors (Lipinski definition) is 3. The minimum Gasteiger partial charge on any atom is -0.376 e. The molecule has 0 radical (unpaired) electrons. The molecule has 2 amide bonds. The van der Waals surface area contributed by atoms with Gasteiger partial charge in [0, 0.05) is 40.1 Å². The summed E-state index contributed by atoms with van der Waals surface area (Å²) in [4.78, 5) is 28.5. The van der Waals surface area contributed by atoms with E-state index in [0.29, 0.717) is 26.1 Å². The predicted octanol–water partition coefficient (Wildman–Crippen LogP) is 3.01. The van der Waals surface area contributed by atoms with E-state index in [1.807, 2.05) is 46.0 Å². The van der Waals surface area contributed by atoms with Crippen molar-refractivity contribution in [3.63, 3.8) is 0 Å². The van der Waals surface area contributed by atoms with Crippen molar-refractivity contribution >= 4 is 11.8 Å². The van der Waals surface area contributed by atoms with Gasteiger partial charge in [0.2, 0.25) is 11.8 Å². The molecule has 1 aliphatic heterocycles. The van der Waals surface area contributed by atoms with Crippen LogP contribution in [0.5, 0.6) is 0 Å². The Hall–Kier alpha value is -1.88. The van der Waals surface area contributed by atoms with Gasteiger partial charge in [-0.2, -0.15) is 0 Å². The van der Waals surface area contributed by atoms with Crippen molar-refractivity contribution in [2.45, 2.75) is 65.1 Å². The van der Waals surface area contributed by atoms with Crippen molar-refractivity contribution in [2.24, 2.45) is 0 Å². The maximum Gasteiger partial charge on any atom is 0.245 e. The Morgan fingerprint density at radius 2 is 1.85 bits per heavy atom. The molecule has 1 aromatic carbocycles. The van der Waals surface area contributed by atoms with E-state index in [4.69, 9.17) is 4.74 Å². The second-order valence-corrected chi connectivity index (χ2v) is 8.06. The van der Waals surface area contributed by atoms with Crippen molar-refractivity contribution in [1.82, 2.24) is 9.80 Å². The molecule has 1 heterocycles. The van der Waals surface area contributed by atoms with E-state index in [2.05, 4.69) is 6.07 Å². The highest BCUT2D eigenvalue weighted by molar-refractivity contribution is 5.87. The van der Waals surface area contributed by atoms with Crippen LogP contribution < -0.4 is 0 Å². The van der Waals surface area contributed by atoms with E-state index in [9.17, 15) is 9.59 Å². The summed E-state index contributed by atoms with van der Waals surface area (Å²) in [5, 5.41) is 0. The van der Waals surface area contributed by atoms with Gasteiger partial charge in [-0.05, 0) is 44.7 Å². The minimum atomic E-state index is -0.404. The second-order valence-electron chi connectivity index (χ2n) is 8.06. The van der Waals surface area contributed by atoms with Gasteiger partial charge in [-0.25, -0.2) is 0 Å². The zero-order valence-electron chi connectivity index (χ0n) is 16.7. The van der Waals surface area contributed by atoms with Crippen LogP contribution in [-0.2, 0) is 27.3 Å². The molecule has 1 aromatic rings. The number of amides is 2. The first-order valence-corrected chi connectivity index (χ1v) is 9.42. The third kappa shape index (κ3) is 5.56. The predicted molar refractivity (Wildman–Crippen MR) is 103 cm³/mol. The van der Waals surface area contributed by atoms with Crippen LogP contribution in [0.15, 0.2) is 24.3 Å². The van der Waals surface area contributed by atoms with Crippen molar-refractivity contribution in [3.8, 4) is 0 Å². The number of carbonyl (C=O) groups excluding carboxylic acids is 2. The molecule has 5 heteroatoms. The summed E-state index contributed by atoms with van der Waals surface area (Å²) < 4.78 is 5.72. The summed E-state index contributed by atoms with van der Waals surface area (Å²) in [6.07, 6.45) is 2.40. The molecule has 144 valence electrons. The number of fused-ring (bicyclic) bond motifs is 1. The molecule has 2 rings (SSSR count). The summed E-state index contributed by atoms with van der Waals surface area (Å²) in [5.74, 6) is -0.0312. The molecular weight excluding hydrogens is 328 g/mol. The Morgan fingerprint density at radius 3 is 2.46 bits per heavy atom. The van der Waals surface area contributed by atoms with Crippen molar-refractivity contribution < 1.29 is 14.3 Å². The lowest BCUT2D eigenvalue weighted by Gasteiger charge is -2.37. The first kappa shape index (κ1) is 20.4. The topological polar surface area (TPSA) is 49.9 Å². The molecule has 0 fully saturated rings. The lowest BCUT2D eigenvalue weighted by atomic mass is 9.93. The van der Waals surface area contributed by atoms with Gasteiger partial charge in [0.05, 0.1) is 5.60 Å². The molecule has 5 nitrogen and oxygen atoms in total. The largest absolute Gasteiger partial charge is 0.376 e. The Balaban J connectivity index is 1.93. The molecule has 0 N–H and O–H groups in total. The van der Waals surface area contributed by atoms with Gasteiger partial charge in [-0.3, -0.25) is 9.59 Å². The fourth-order valence-corrected chi connectivity index (χ4v) is 3.27. The molecule has 1 unspecified atom stereocenters. The maximum atomic E-state index is 12.9. The molecule has 0 aliphatic carbocycles. The van der Waals surface area contributed by atoms with E-state index in [0.717, 1.165) is 24.0 Å². The fourth-order valence-electron chi connectivity index (χ4n) is 3.27. The zero-order valence-corrected chi connectivity index (χ0v) is 16.7. The molecule has 0 bridgehead atoms. The van der Waals surface area contributed by atoms with Crippen LogP contribution in [0.3, 0.4) is 0 Å². The van der Waals surface area contributed by atoms with Crippen LogP contribution in [0.1, 0.15) is 51.7 Å². The van der Waals surface area contributed by atoms with Gasteiger partial charge in [-0.1, -0.05) is 24.3 Å². The normalized spacial score (nSPS) is 17.0. The van der Waals surface area contributed by atoms with E-state index in [-0.39, 0.29) is 17.4 Å². The van der Waals surface area contributed by atoms with Gasteiger partial charge in [0.1, 0.15) is 6.04 Å². The SMILES string of the molecule is CC(=O)N1Cc2ccccc2CC1C(=O)N(C)CCCCOC(C)(C)C. The Morgan fingerprint density at radius 1 is 1.19 bits per heavy atom. The molecule has 1 atom stereocenters. The van der Waals surface area contributed by atoms with Crippen molar-refractivity contribution in [2.75, 3.05) is 20.2 Å². The van der Waals surface area contributed by atoms with E-state index in [1.165, 1.54) is 6.92 Å². The number of nitrogens with zero attached hydrogens (tertiary/aromatic N) is 2. The van der Waals surface area contributed by atoms with E-state index >= 15 is 0 Å². The smallest absolute Gasteiger partial charge is 0.245 e. The molecule has 0 saturated heterocycles. The highest BCUT2D eigenvalue weighted by Crippen LogP contribution is 2.24. The average Bonchev–Trinajstić information content (AvgIpc) is 2.58. The second kappa shape index (κ2) is 8.67. The molecule has 0 spiro atoms. The lowest BCUT2D eigenvalue weighted by molar-refractivity contribution is -0.145. The molecule has 0 saturated carbocycles. The first-order valence-electron chi connectivity index (χ1n) is 9.42. The van der Waals surface area contributed by atoms with Gasteiger partial charge in [0.15, 0.2) is 0 Å². The summed E-state index contributed by atoms with van der Waals surface area (Å²) >= 11 is 0. The van der Waals surface area contributed by atoms with Gasteiger partial charge >= 0.3 is 0 Å². The number of ether oxygens (including phenoxy) is 1. The third-order valence-corrected chi connectivity index (χ3v) is 4.74. The zero-order chi connectivity index (χ0) is 19.3. The highest BCUT2D eigenvalue weighted by Gasteiger charge is 2.34. The van der Waals surface area contributed by atoms with Crippen molar-refractivity contribution in [3.05, 3.63) is 35.4 Å². The third-order valence-electron chi connectivity index (χ3n) is 4.74. The summed E-state index contributed by atoms with van der Waals surface area (Å²) in [6.45, 7) is 9.55. The van der Waals surface area contributed by atoms with Crippen LogP contribution in [0, 0.1) is 0 Å². The lowest BCUT2D eigenvalue weighted by Crippen LogP contribution is -2.52. The summed E-state index contributed by atoms with van der Waals surface area (Å²) in [5.41, 5.74) is 2.17. The molecule has 0 aromatic heterocycles. The number of likely N-dealkylation sites (N-methyl/N-ethyl adjacent to an activating group) is 1. The van der Waals surface area contributed by atoms with Crippen molar-refractivity contribution in [1.29, 1.82) is 0 Å². The van der Waals surface area contributed by atoms with Gasteiger partial charge in [0.25, 0.3) is 0 Å². The van der Waals surface area contributed by atoms with E-state index in [1.54, 1.807) is 9.80 Å². The standard InChI is InChI=1S/C21H32N2O3/c1-16(24)23-15-18-11-7-6-10-17(18)14-19(23)20(25)22(5)12-8-9-13-26-21(2,3)4/h6-7,10-11,19H,8-9,12-15H2,1-5H3. The minimum absolute atomic E-state index is 0.0199. The molecule has 26 heavy (non-hydrogen) atoms. The number of unbranched alkanes of at least 4 members (excludes halogenated alkanes) is 1. The van der Waals surface area contributed by atoms with Crippen LogP contribution in [0.2, 0.25) is 0 Å². The fraction of sp³-hybridized carbons (Fsp3) is 0.619. The van der Waals surface area contributed by atoms with Crippen LogP contribution in [0.4, 0.5) is 0 Å². The molecule has 1 aliphatic rings. The number of benzene rings is 1. The summed E-state index contributed by atoms with van der Waals surface area (Å²) in [6, 6.07) is 7.65. The monoisotopic (exact) mass is 360 g/mol. The Labute approximate surface area is 157 Å². The van der Waals surface area contributed by atoms with Crippen LogP contribution >= 0.6 is 0 Å². The average molecular weight is 360 g/mol. The first-order chi connectivity index (χ1) is 12.2. The van der Waals surface area contributed by atoms with Crippen LogP contribution in [0.25, 0.3) is 0 Å². The number of rotatable bonds is 6. The highest BCUT2D eigenvalue weighted by atomic mass is 16.5. The van der Waals surface area contributed by atoms with E-state index < -0.39 is 6.04 Å². The number of carbonyl (C=O) groups is 2. The Kier molecular flexibility index (Phi) is 6.81. The Bertz CT molecular complexity index is 636. The maximum absolute atomic E-state index is 12.9. The quantitative estimate of drug-likeness (QED) is 0.733. The van der Waals surface area contributed by atoms with Gasteiger partial charge < -0.3 is 14.5 Å². The molecular formula is C21H32N2O3.